The van der Waals surface area contributed by atoms with Crippen molar-refractivity contribution in [2.75, 3.05) is 0 Å². The Kier molecular flexibility index (Phi) is 11.2. The molecule has 0 N–H and O–H groups in total. The van der Waals surface area contributed by atoms with Crippen molar-refractivity contribution < 1.29 is 4.39 Å². The van der Waals surface area contributed by atoms with Gasteiger partial charge < -0.3 is 0 Å². The molecule has 0 bridgehead atoms. The Balaban J connectivity index is 1.26. The fraction of sp³-hybridized carbons (Fsp3) is 0.714. The first kappa shape index (κ1) is 25.0. The zero-order chi connectivity index (χ0) is 21.9. The van der Waals surface area contributed by atoms with E-state index in [2.05, 4.69) is 6.92 Å². The van der Waals surface area contributed by atoms with E-state index < -0.39 is 0 Å². The molecule has 0 radical (unpaired) electrons. The molecule has 1 heterocycles. The summed E-state index contributed by atoms with van der Waals surface area (Å²) >= 11 is 5.45. The molecule has 2 fully saturated rings. The predicted molar refractivity (Wildman–Crippen MR) is 138 cm³/mol. The largest absolute Gasteiger partial charge is 0.205 e. The van der Waals surface area contributed by atoms with Gasteiger partial charge in [-0.2, -0.15) is 0 Å². The Labute approximate surface area is 197 Å². The number of rotatable bonds is 11. The first-order chi connectivity index (χ1) is 15.2. The molecule has 1 saturated carbocycles. The lowest BCUT2D eigenvalue weighted by Gasteiger charge is -2.37. The summed E-state index contributed by atoms with van der Waals surface area (Å²) in [5, 5.41) is 0. The van der Waals surface area contributed by atoms with E-state index in [1.165, 1.54) is 69.8 Å². The van der Waals surface area contributed by atoms with Crippen LogP contribution in [0.2, 0.25) is 18.1 Å². The molecule has 174 valence electrons. The van der Waals surface area contributed by atoms with Crippen molar-refractivity contribution in [3.05, 3.63) is 40.9 Å². The molecule has 1 aliphatic heterocycles. The third-order valence-corrected chi connectivity index (χ3v) is 12.0. The molecule has 3 heteroatoms. The Bertz CT molecular complexity index is 639. The van der Waals surface area contributed by atoms with Crippen LogP contribution in [0.4, 0.5) is 4.39 Å². The van der Waals surface area contributed by atoms with Crippen LogP contribution in [-0.2, 0) is 6.42 Å². The van der Waals surface area contributed by atoms with E-state index in [4.69, 9.17) is 11.6 Å². The smallest absolute Gasteiger partial charge is 0.141 e. The quantitative estimate of drug-likeness (QED) is 0.227. The summed E-state index contributed by atoms with van der Waals surface area (Å²) in [6, 6.07) is 12.7. The van der Waals surface area contributed by atoms with Crippen molar-refractivity contribution in [3.63, 3.8) is 0 Å². The molecule has 0 amide bonds. The molecular formula is C28H44ClFSi. The molecule has 0 atom stereocenters. The summed E-state index contributed by atoms with van der Waals surface area (Å²) in [5.41, 5.74) is 2.89. The third-order valence-electron chi connectivity index (χ3n) is 8.32. The van der Waals surface area contributed by atoms with Gasteiger partial charge in [0.1, 0.15) is 5.83 Å². The maximum atomic E-state index is 13.5. The lowest BCUT2D eigenvalue weighted by atomic mass is 9.73. The zero-order valence-electron chi connectivity index (χ0n) is 19.8. The number of hydrogen-bond donors (Lipinski definition) is 0. The summed E-state index contributed by atoms with van der Waals surface area (Å²) < 4.78 is 13.5. The van der Waals surface area contributed by atoms with Crippen molar-refractivity contribution in [1.29, 1.82) is 0 Å². The van der Waals surface area contributed by atoms with Crippen molar-refractivity contribution >= 4 is 26.2 Å². The van der Waals surface area contributed by atoms with Gasteiger partial charge in [-0.3, -0.25) is 0 Å². The van der Waals surface area contributed by atoms with Gasteiger partial charge in [-0.15, -0.1) is 0 Å². The molecule has 1 aliphatic carbocycles. The van der Waals surface area contributed by atoms with Gasteiger partial charge >= 0.3 is 0 Å². The minimum absolute atomic E-state index is 0.345. The van der Waals surface area contributed by atoms with E-state index >= 15 is 0 Å². The molecular weight excluding hydrogens is 419 g/mol. The van der Waals surface area contributed by atoms with Crippen LogP contribution < -0.4 is 0 Å². The SMILES string of the molecule is CCCCC[SiH]1CCC([C@H]2CC[C@H](CCCCc3ccc(/C(F)=C/Cl)cc3)CC2)CC1. The highest BCUT2D eigenvalue weighted by Gasteiger charge is 2.30. The van der Waals surface area contributed by atoms with Gasteiger partial charge in [0.05, 0.1) is 0 Å². The normalized spacial score (nSPS) is 27.4. The predicted octanol–water partition coefficient (Wildman–Crippen LogP) is 9.54. The Morgan fingerprint density at radius 3 is 2.26 bits per heavy atom. The highest BCUT2D eigenvalue weighted by molar-refractivity contribution is 6.58. The number of unbranched alkanes of at least 4 members (excludes halogenated alkanes) is 3. The van der Waals surface area contributed by atoms with Crippen molar-refractivity contribution in [2.24, 2.45) is 17.8 Å². The first-order valence-electron chi connectivity index (χ1n) is 13.2. The summed E-state index contributed by atoms with van der Waals surface area (Å²) in [5.74, 6) is 2.76. The number of aryl methyl sites for hydroxylation is 1. The van der Waals surface area contributed by atoms with E-state index in [1.807, 2.05) is 24.3 Å². The topological polar surface area (TPSA) is 0 Å². The van der Waals surface area contributed by atoms with Gasteiger partial charge in [0.25, 0.3) is 0 Å². The highest BCUT2D eigenvalue weighted by Crippen LogP contribution is 2.42. The van der Waals surface area contributed by atoms with E-state index in [0.717, 1.165) is 29.7 Å². The lowest BCUT2D eigenvalue weighted by Crippen LogP contribution is -2.28. The van der Waals surface area contributed by atoms with Gasteiger partial charge in [-0.05, 0) is 49.0 Å². The Morgan fingerprint density at radius 2 is 1.61 bits per heavy atom. The molecule has 1 aromatic carbocycles. The van der Waals surface area contributed by atoms with Crippen molar-refractivity contribution in [2.45, 2.75) is 109 Å². The second-order valence-electron chi connectivity index (χ2n) is 10.5. The van der Waals surface area contributed by atoms with Crippen LogP contribution in [0.1, 0.15) is 95.1 Å². The molecule has 1 saturated heterocycles. The van der Waals surface area contributed by atoms with Crippen LogP contribution in [0.25, 0.3) is 5.83 Å². The highest BCUT2D eigenvalue weighted by atomic mass is 35.5. The summed E-state index contributed by atoms with van der Waals surface area (Å²) in [6.07, 6.45) is 18.6. The zero-order valence-corrected chi connectivity index (χ0v) is 21.7. The Hall–Kier alpha value is -0.603. The Morgan fingerprint density at radius 1 is 0.935 bits per heavy atom. The summed E-state index contributed by atoms with van der Waals surface area (Å²) in [7, 11) is -0.345. The second-order valence-corrected chi connectivity index (χ2v) is 14.1. The average molecular weight is 463 g/mol. The molecule has 1 aromatic rings. The van der Waals surface area contributed by atoms with Crippen LogP contribution in [0.5, 0.6) is 0 Å². The average Bonchev–Trinajstić information content (AvgIpc) is 2.83. The van der Waals surface area contributed by atoms with Gasteiger partial charge in [-0.1, -0.05) is 119 Å². The summed E-state index contributed by atoms with van der Waals surface area (Å²) in [6.45, 7) is 2.33. The summed E-state index contributed by atoms with van der Waals surface area (Å²) in [4.78, 5) is 0. The lowest BCUT2D eigenvalue weighted by molar-refractivity contribution is 0.184. The van der Waals surface area contributed by atoms with Gasteiger partial charge in [0, 0.05) is 19.9 Å². The molecule has 0 spiro atoms. The van der Waals surface area contributed by atoms with Crippen LogP contribution in [0.3, 0.4) is 0 Å². The number of halogens is 2. The molecule has 2 aliphatic rings. The standard InChI is InChI=1S/C28H44ClFSi/c1-2-3-6-19-31-20-17-26(18-21-31)25-13-9-23(10-14-25)7-4-5-8-24-11-15-27(16-12-24)28(30)22-29/h11-12,15-16,22-23,25-26,31H,2-10,13-14,17-21H2,1H3/b28-22-/t23-,25-,26?,31?. The van der Waals surface area contributed by atoms with Gasteiger partial charge in [0.15, 0.2) is 0 Å². The maximum absolute atomic E-state index is 13.5. The van der Waals surface area contributed by atoms with Crippen LogP contribution in [0, 0.1) is 17.8 Å². The molecule has 0 unspecified atom stereocenters. The van der Waals surface area contributed by atoms with Crippen LogP contribution >= 0.6 is 11.6 Å². The van der Waals surface area contributed by atoms with Crippen LogP contribution in [-0.4, -0.2) is 8.80 Å². The maximum Gasteiger partial charge on any atom is 0.141 e. The van der Waals surface area contributed by atoms with Gasteiger partial charge in [0.2, 0.25) is 0 Å². The fourth-order valence-corrected chi connectivity index (χ4v) is 9.89. The molecule has 3 rings (SSSR count). The van der Waals surface area contributed by atoms with Crippen molar-refractivity contribution in [1.82, 2.24) is 0 Å². The minimum Gasteiger partial charge on any atom is -0.205 e. The molecule has 31 heavy (non-hydrogen) atoms. The van der Waals surface area contributed by atoms with E-state index in [0.29, 0.717) is 5.56 Å². The minimum atomic E-state index is -0.356. The van der Waals surface area contributed by atoms with Crippen molar-refractivity contribution in [3.8, 4) is 0 Å². The molecule has 0 aromatic heterocycles. The fourth-order valence-electron chi connectivity index (χ4n) is 6.24. The van der Waals surface area contributed by atoms with E-state index in [1.54, 1.807) is 31.0 Å². The van der Waals surface area contributed by atoms with E-state index in [-0.39, 0.29) is 14.6 Å². The second kappa shape index (κ2) is 13.8. The third kappa shape index (κ3) is 8.35. The van der Waals surface area contributed by atoms with E-state index in [9.17, 15) is 4.39 Å². The van der Waals surface area contributed by atoms with Crippen LogP contribution in [0.15, 0.2) is 29.8 Å². The molecule has 0 nitrogen and oxygen atoms in total. The number of benzene rings is 1. The van der Waals surface area contributed by atoms with Gasteiger partial charge in [-0.25, -0.2) is 4.39 Å². The monoisotopic (exact) mass is 462 g/mol. The first-order valence-corrected chi connectivity index (χ1v) is 16.1. The number of hydrogen-bond acceptors (Lipinski definition) is 0.